The summed E-state index contributed by atoms with van der Waals surface area (Å²) in [5.74, 6) is -0.274. The largest absolute Gasteiger partial charge is 0.300 e. The molecule has 0 bridgehead atoms. The predicted octanol–water partition coefficient (Wildman–Crippen LogP) is 5.31. The summed E-state index contributed by atoms with van der Waals surface area (Å²) < 4.78 is 4.34. The van der Waals surface area contributed by atoms with Crippen molar-refractivity contribution < 1.29 is 4.79 Å². The lowest BCUT2D eigenvalue weighted by atomic mass is 10.1. The van der Waals surface area contributed by atoms with Crippen LogP contribution in [-0.4, -0.2) is 25.2 Å². The van der Waals surface area contributed by atoms with E-state index < -0.39 is 6.04 Å². The Morgan fingerprint density at radius 3 is 2.59 bits per heavy atom. The SMILES string of the molecule is CCC(C(=O)Nc1nc2ccc(C)cc2s1)n1c(=O)cc(C)c2c(C)nn(-c3ccccc3)c21. The molecule has 0 aliphatic rings. The second-order valence-electron chi connectivity index (χ2n) is 8.47. The zero-order valence-electron chi connectivity index (χ0n) is 19.5. The van der Waals surface area contributed by atoms with Crippen molar-refractivity contribution >= 4 is 43.6 Å². The average Bonchev–Trinajstić information content (AvgIpc) is 3.36. The fourth-order valence-corrected chi connectivity index (χ4v) is 5.41. The van der Waals surface area contributed by atoms with Crippen LogP contribution in [0.4, 0.5) is 5.13 Å². The van der Waals surface area contributed by atoms with Crippen molar-refractivity contribution in [2.24, 2.45) is 0 Å². The number of pyridine rings is 1. The summed E-state index contributed by atoms with van der Waals surface area (Å²) in [5.41, 5.74) is 4.84. The third-order valence-electron chi connectivity index (χ3n) is 6.01. The molecule has 2 aromatic carbocycles. The Morgan fingerprint density at radius 1 is 1.09 bits per heavy atom. The van der Waals surface area contributed by atoms with Gasteiger partial charge in [0.2, 0.25) is 5.91 Å². The van der Waals surface area contributed by atoms with Gasteiger partial charge in [-0.25, -0.2) is 9.67 Å². The van der Waals surface area contributed by atoms with Crippen molar-refractivity contribution in [1.29, 1.82) is 0 Å². The number of nitrogens with one attached hydrogen (secondary N) is 1. The van der Waals surface area contributed by atoms with Crippen LogP contribution in [0.5, 0.6) is 0 Å². The molecule has 34 heavy (non-hydrogen) atoms. The minimum absolute atomic E-state index is 0.232. The van der Waals surface area contributed by atoms with Gasteiger partial charge in [-0.05, 0) is 62.6 Å². The summed E-state index contributed by atoms with van der Waals surface area (Å²) in [6.45, 7) is 7.76. The Bertz CT molecular complexity index is 1600. The fourth-order valence-electron chi connectivity index (χ4n) is 4.44. The average molecular weight is 472 g/mol. The second-order valence-corrected chi connectivity index (χ2v) is 9.50. The molecular weight excluding hydrogens is 446 g/mol. The van der Waals surface area contributed by atoms with Crippen LogP contribution in [0.3, 0.4) is 0 Å². The highest BCUT2D eigenvalue weighted by atomic mass is 32.1. The number of amides is 1. The molecule has 3 aromatic heterocycles. The molecule has 172 valence electrons. The molecule has 8 heteroatoms. The summed E-state index contributed by atoms with van der Waals surface area (Å²) in [7, 11) is 0. The van der Waals surface area contributed by atoms with E-state index in [2.05, 4.69) is 16.4 Å². The van der Waals surface area contributed by atoms with Crippen LogP contribution in [-0.2, 0) is 4.79 Å². The number of para-hydroxylation sites is 1. The van der Waals surface area contributed by atoms with Gasteiger partial charge in [0.15, 0.2) is 5.13 Å². The van der Waals surface area contributed by atoms with Crippen LogP contribution >= 0.6 is 11.3 Å². The molecule has 0 saturated heterocycles. The normalized spacial score (nSPS) is 12.4. The van der Waals surface area contributed by atoms with Gasteiger partial charge in [0.25, 0.3) is 5.56 Å². The number of thiazole rings is 1. The number of aromatic nitrogens is 4. The number of rotatable bonds is 5. The Balaban J connectivity index is 1.64. The first-order chi connectivity index (χ1) is 16.4. The van der Waals surface area contributed by atoms with E-state index in [0.717, 1.165) is 38.1 Å². The van der Waals surface area contributed by atoms with Gasteiger partial charge in [0.05, 0.1) is 21.6 Å². The molecule has 0 spiro atoms. The van der Waals surface area contributed by atoms with Crippen LogP contribution in [0.1, 0.15) is 36.2 Å². The van der Waals surface area contributed by atoms with Crippen LogP contribution in [0.25, 0.3) is 26.9 Å². The van der Waals surface area contributed by atoms with Crippen molar-refractivity contribution in [2.75, 3.05) is 5.32 Å². The number of hydrogen-bond donors (Lipinski definition) is 1. The van der Waals surface area contributed by atoms with E-state index in [1.54, 1.807) is 15.3 Å². The van der Waals surface area contributed by atoms with Crippen LogP contribution < -0.4 is 10.9 Å². The van der Waals surface area contributed by atoms with E-state index in [9.17, 15) is 9.59 Å². The van der Waals surface area contributed by atoms with Crippen molar-refractivity contribution in [3.05, 3.63) is 81.8 Å². The van der Waals surface area contributed by atoms with Crippen LogP contribution in [0.15, 0.2) is 59.4 Å². The molecule has 7 nitrogen and oxygen atoms in total. The molecular formula is C26H25N5O2S. The standard InChI is InChI=1S/C26H25N5O2S/c1-5-20(24(33)28-26-27-19-12-11-15(2)13-21(19)34-26)30-22(32)14-16(3)23-17(4)29-31(25(23)30)18-9-7-6-8-10-18/h6-14,20H,5H2,1-4H3,(H,27,28,33). The van der Waals surface area contributed by atoms with E-state index in [0.29, 0.717) is 17.2 Å². The molecule has 1 unspecified atom stereocenters. The molecule has 0 aliphatic carbocycles. The third kappa shape index (κ3) is 3.70. The molecule has 0 saturated carbocycles. The number of fused-ring (bicyclic) bond motifs is 2. The number of aryl methyl sites for hydroxylation is 3. The number of nitrogens with zero attached hydrogens (tertiary/aromatic N) is 4. The lowest BCUT2D eigenvalue weighted by Crippen LogP contribution is -2.34. The van der Waals surface area contributed by atoms with Crippen molar-refractivity contribution in [3.8, 4) is 5.69 Å². The van der Waals surface area contributed by atoms with Crippen LogP contribution in [0.2, 0.25) is 0 Å². The Morgan fingerprint density at radius 2 is 1.85 bits per heavy atom. The van der Waals surface area contributed by atoms with Crippen molar-refractivity contribution in [1.82, 2.24) is 19.3 Å². The smallest absolute Gasteiger partial charge is 0.253 e. The number of carbonyl (C=O) groups excluding carboxylic acids is 1. The molecule has 0 fully saturated rings. The summed E-state index contributed by atoms with van der Waals surface area (Å²) in [4.78, 5) is 31.4. The topological polar surface area (TPSA) is 81.8 Å². The minimum Gasteiger partial charge on any atom is -0.300 e. The maximum Gasteiger partial charge on any atom is 0.253 e. The molecule has 1 N–H and O–H groups in total. The first-order valence-electron chi connectivity index (χ1n) is 11.2. The van der Waals surface area contributed by atoms with Gasteiger partial charge in [-0.3, -0.25) is 14.2 Å². The molecule has 3 heterocycles. The Kier molecular flexibility index (Phi) is 5.53. The number of hydrogen-bond acceptors (Lipinski definition) is 5. The Labute approximate surface area is 200 Å². The quantitative estimate of drug-likeness (QED) is 0.377. The Hall–Kier alpha value is -3.78. The van der Waals surface area contributed by atoms with Gasteiger partial charge in [-0.1, -0.05) is 42.5 Å². The molecule has 0 radical (unpaired) electrons. The minimum atomic E-state index is -0.720. The van der Waals surface area contributed by atoms with Gasteiger partial charge in [-0.2, -0.15) is 5.10 Å². The fraction of sp³-hybridized carbons (Fsp3) is 0.231. The van der Waals surface area contributed by atoms with E-state index >= 15 is 0 Å². The number of carbonyl (C=O) groups is 1. The van der Waals surface area contributed by atoms with E-state index in [1.165, 1.54) is 11.3 Å². The highest BCUT2D eigenvalue weighted by Gasteiger charge is 2.26. The maximum atomic E-state index is 13.5. The van der Waals surface area contributed by atoms with Gasteiger partial charge >= 0.3 is 0 Å². The molecule has 5 aromatic rings. The van der Waals surface area contributed by atoms with Crippen molar-refractivity contribution in [2.45, 2.75) is 40.2 Å². The monoisotopic (exact) mass is 471 g/mol. The zero-order chi connectivity index (χ0) is 24.0. The predicted molar refractivity (Wildman–Crippen MR) is 137 cm³/mol. The highest BCUT2D eigenvalue weighted by Crippen LogP contribution is 2.30. The summed E-state index contributed by atoms with van der Waals surface area (Å²) in [6.07, 6.45) is 0.437. The molecule has 0 aliphatic heterocycles. The van der Waals surface area contributed by atoms with E-state index in [1.807, 2.05) is 70.2 Å². The third-order valence-corrected chi connectivity index (χ3v) is 6.95. The van der Waals surface area contributed by atoms with Gasteiger partial charge < -0.3 is 5.32 Å². The van der Waals surface area contributed by atoms with Gasteiger partial charge in [0.1, 0.15) is 11.7 Å². The maximum absolute atomic E-state index is 13.5. The lowest BCUT2D eigenvalue weighted by Gasteiger charge is -2.20. The van der Waals surface area contributed by atoms with E-state index in [-0.39, 0.29) is 11.5 Å². The molecule has 5 rings (SSSR count). The van der Waals surface area contributed by atoms with E-state index in [4.69, 9.17) is 5.10 Å². The first-order valence-corrected chi connectivity index (χ1v) is 12.0. The summed E-state index contributed by atoms with van der Waals surface area (Å²) in [6, 6.07) is 16.5. The van der Waals surface area contributed by atoms with Crippen LogP contribution in [0, 0.1) is 20.8 Å². The lowest BCUT2D eigenvalue weighted by molar-refractivity contribution is -0.119. The zero-order valence-corrected chi connectivity index (χ0v) is 20.3. The highest BCUT2D eigenvalue weighted by molar-refractivity contribution is 7.22. The van der Waals surface area contributed by atoms with Crippen molar-refractivity contribution in [3.63, 3.8) is 0 Å². The summed E-state index contributed by atoms with van der Waals surface area (Å²) in [5, 5.41) is 9.09. The first kappa shape index (κ1) is 22.0. The second kappa shape index (κ2) is 8.53. The number of benzene rings is 2. The molecule has 1 atom stereocenters. The van der Waals surface area contributed by atoms with Gasteiger partial charge in [0, 0.05) is 11.5 Å². The number of anilines is 1. The summed E-state index contributed by atoms with van der Waals surface area (Å²) >= 11 is 1.43. The van der Waals surface area contributed by atoms with Gasteiger partial charge in [-0.15, -0.1) is 0 Å². The molecule has 1 amide bonds.